The van der Waals surface area contributed by atoms with Crippen LogP contribution in [0.3, 0.4) is 0 Å². The first-order valence-corrected chi connectivity index (χ1v) is 6.00. The molecule has 0 radical (unpaired) electrons. The van der Waals surface area contributed by atoms with Crippen LogP contribution in [-0.4, -0.2) is 23.3 Å². The Balaban J connectivity index is 1.87. The van der Waals surface area contributed by atoms with E-state index >= 15 is 0 Å². The topological polar surface area (TPSA) is 46.5 Å². The first-order chi connectivity index (χ1) is 7.15. The van der Waals surface area contributed by atoms with Gasteiger partial charge in [-0.3, -0.25) is 4.79 Å². The van der Waals surface area contributed by atoms with Gasteiger partial charge in [-0.05, 0) is 50.4 Å². The highest BCUT2D eigenvalue weighted by molar-refractivity contribution is 5.66. The Morgan fingerprint density at radius 1 is 1.13 bits per heavy atom. The minimum Gasteiger partial charge on any atom is -0.463 e. The third-order valence-electron chi connectivity index (χ3n) is 3.87. The van der Waals surface area contributed by atoms with Gasteiger partial charge in [0.2, 0.25) is 0 Å². The fourth-order valence-corrected chi connectivity index (χ4v) is 3.16. The van der Waals surface area contributed by atoms with Gasteiger partial charge in [-0.15, -0.1) is 0 Å². The molecule has 3 nitrogen and oxygen atoms in total. The van der Waals surface area contributed by atoms with E-state index in [4.69, 9.17) is 4.74 Å². The summed E-state index contributed by atoms with van der Waals surface area (Å²) in [5, 5.41) is 9.57. The lowest BCUT2D eigenvalue weighted by molar-refractivity contribution is -0.150. The van der Waals surface area contributed by atoms with E-state index in [9.17, 15) is 9.90 Å². The van der Waals surface area contributed by atoms with Crippen LogP contribution in [0.2, 0.25) is 0 Å². The van der Waals surface area contributed by atoms with Crippen molar-refractivity contribution in [3.05, 3.63) is 0 Å². The summed E-state index contributed by atoms with van der Waals surface area (Å²) in [6, 6.07) is 0. The first kappa shape index (κ1) is 10.9. The van der Waals surface area contributed by atoms with Gasteiger partial charge in [0.25, 0.3) is 0 Å². The Hall–Kier alpha value is -0.570. The number of carbonyl (C=O) groups is 1. The summed E-state index contributed by atoms with van der Waals surface area (Å²) < 4.78 is 5.27. The second-order valence-electron chi connectivity index (χ2n) is 5.03. The molecule has 4 atom stereocenters. The summed E-state index contributed by atoms with van der Waals surface area (Å²) >= 11 is 0. The van der Waals surface area contributed by atoms with Gasteiger partial charge in [0, 0.05) is 6.92 Å². The maximum Gasteiger partial charge on any atom is 0.302 e. The van der Waals surface area contributed by atoms with E-state index in [2.05, 4.69) is 0 Å². The maximum absolute atomic E-state index is 10.9. The van der Waals surface area contributed by atoms with Crippen LogP contribution in [0.5, 0.6) is 0 Å². The van der Waals surface area contributed by atoms with Crippen molar-refractivity contribution in [2.75, 3.05) is 0 Å². The standard InChI is InChI=1S/C12H20O3/c1-8(13)15-12-5-3-9-6-11(14)4-2-10(9)7-12/h9-12,14H,2-7H2,1H3. The molecular weight excluding hydrogens is 192 g/mol. The SMILES string of the molecule is CC(=O)OC1CCC2CC(O)CCC2C1. The number of aliphatic hydroxyl groups is 1. The Morgan fingerprint density at radius 3 is 2.53 bits per heavy atom. The van der Waals surface area contributed by atoms with Gasteiger partial charge in [-0.25, -0.2) is 0 Å². The molecule has 4 unspecified atom stereocenters. The molecule has 0 heterocycles. The van der Waals surface area contributed by atoms with E-state index in [0.717, 1.165) is 38.5 Å². The average Bonchev–Trinajstić information content (AvgIpc) is 2.17. The maximum atomic E-state index is 10.9. The third-order valence-corrected chi connectivity index (χ3v) is 3.87. The molecule has 0 bridgehead atoms. The van der Waals surface area contributed by atoms with Crippen molar-refractivity contribution in [1.82, 2.24) is 0 Å². The van der Waals surface area contributed by atoms with Gasteiger partial charge in [0.05, 0.1) is 6.10 Å². The molecule has 1 N–H and O–H groups in total. The zero-order valence-electron chi connectivity index (χ0n) is 9.32. The van der Waals surface area contributed by atoms with E-state index < -0.39 is 0 Å². The summed E-state index contributed by atoms with van der Waals surface area (Å²) in [6.07, 6.45) is 6.13. The van der Waals surface area contributed by atoms with Gasteiger partial charge in [0.15, 0.2) is 0 Å². The molecule has 2 saturated carbocycles. The molecule has 2 aliphatic rings. The van der Waals surface area contributed by atoms with E-state index in [1.807, 2.05) is 0 Å². The molecule has 2 rings (SSSR count). The van der Waals surface area contributed by atoms with Gasteiger partial charge in [-0.1, -0.05) is 0 Å². The van der Waals surface area contributed by atoms with Crippen LogP contribution >= 0.6 is 0 Å². The van der Waals surface area contributed by atoms with Crippen LogP contribution in [0, 0.1) is 11.8 Å². The molecule has 86 valence electrons. The number of ether oxygens (including phenoxy) is 1. The lowest BCUT2D eigenvalue weighted by Gasteiger charge is -2.40. The van der Waals surface area contributed by atoms with Crippen molar-refractivity contribution in [1.29, 1.82) is 0 Å². The lowest BCUT2D eigenvalue weighted by atomic mass is 9.69. The van der Waals surface area contributed by atoms with Crippen molar-refractivity contribution < 1.29 is 14.6 Å². The molecule has 2 aliphatic carbocycles. The Morgan fingerprint density at radius 2 is 1.80 bits per heavy atom. The monoisotopic (exact) mass is 212 g/mol. The van der Waals surface area contributed by atoms with Crippen LogP contribution in [0.4, 0.5) is 0 Å². The molecule has 0 aromatic heterocycles. The average molecular weight is 212 g/mol. The number of hydrogen-bond acceptors (Lipinski definition) is 3. The predicted molar refractivity (Wildman–Crippen MR) is 56.2 cm³/mol. The molecule has 0 aliphatic heterocycles. The number of hydrogen-bond donors (Lipinski definition) is 1. The highest BCUT2D eigenvalue weighted by atomic mass is 16.5. The van der Waals surface area contributed by atoms with Crippen LogP contribution in [-0.2, 0) is 9.53 Å². The van der Waals surface area contributed by atoms with Crippen molar-refractivity contribution in [2.24, 2.45) is 11.8 Å². The Labute approximate surface area is 90.8 Å². The minimum atomic E-state index is -0.158. The first-order valence-electron chi connectivity index (χ1n) is 6.00. The van der Waals surface area contributed by atoms with Crippen LogP contribution < -0.4 is 0 Å². The van der Waals surface area contributed by atoms with Crippen molar-refractivity contribution in [2.45, 2.75) is 57.7 Å². The van der Waals surface area contributed by atoms with Crippen LogP contribution in [0.25, 0.3) is 0 Å². The smallest absolute Gasteiger partial charge is 0.302 e. The molecule has 0 aromatic rings. The molecule has 0 saturated heterocycles. The van der Waals surface area contributed by atoms with Crippen LogP contribution in [0.15, 0.2) is 0 Å². The summed E-state index contributed by atoms with van der Waals surface area (Å²) in [5.74, 6) is 1.18. The second-order valence-corrected chi connectivity index (χ2v) is 5.03. The van der Waals surface area contributed by atoms with Gasteiger partial charge in [-0.2, -0.15) is 0 Å². The molecular formula is C12H20O3. The largest absolute Gasteiger partial charge is 0.463 e. The van der Waals surface area contributed by atoms with E-state index in [-0.39, 0.29) is 18.2 Å². The number of carbonyl (C=O) groups excluding carboxylic acids is 1. The number of rotatable bonds is 1. The van der Waals surface area contributed by atoms with Gasteiger partial charge in [0.1, 0.15) is 6.10 Å². The fourth-order valence-electron chi connectivity index (χ4n) is 3.16. The summed E-state index contributed by atoms with van der Waals surface area (Å²) in [5.41, 5.74) is 0. The highest BCUT2D eigenvalue weighted by Gasteiger charge is 2.35. The number of fused-ring (bicyclic) bond motifs is 1. The third kappa shape index (κ3) is 2.71. The van der Waals surface area contributed by atoms with E-state index in [1.54, 1.807) is 0 Å². The number of aliphatic hydroxyl groups excluding tert-OH is 1. The molecule has 15 heavy (non-hydrogen) atoms. The Kier molecular flexibility index (Phi) is 3.29. The second kappa shape index (κ2) is 4.52. The normalized spacial score (nSPS) is 40.7. The van der Waals surface area contributed by atoms with Gasteiger partial charge >= 0.3 is 5.97 Å². The zero-order chi connectivity index (χ0) is 10.8. The molecule has 3 heteroatoms. The Bertz CT molecular complexity index is 239. The minimum absolute atomic E-state index is 0.0866. The summed E-state index contributed by atoms with van der Waals surface area (Å²) in [6.45, 7) is 1.48. The number of esters is 1. The van der Waals surface area contributed by atoms with E-state index in [1.165, 1.54) is 6.92 Å². The van der Waals surface area contributed by atoms with Crippen molar-refractivity contribution in [3.8, 4) is 0 Å². The molecule has 2 fully saturated rings. The summed E-state index contributed by atoms with van der Waals surface area (Å²) in [7, 11) is 0. The predicted octanol–water partition coefficient (Wildman–Crippen LogP) is 1.88. The quantitative estimate of drug-likeness (QED) is 0.675. The van der Waals surface area contributed by atoms with E-state index in [0.29, 0.717) is 11.8 Å². The highest BCUT2D eigenvalue weighted by Crippen LogP contribution is 2.41. The van der Waals surface area contributed by atoms with Crippen LogP contribution in [0.1, 0.15) is 45.4 Å². The zero-order valence-corrected chi connectivity index (χ0v) is 9.32. The van der Waals surface area contributed by atoms with Gasteiger partial charge < -0.3 is 9.84 Å². The van der Waals surface area contributed by atoms with Crippen molar-refractivity contribution >= 4 is 5.97 Å². The fraction of sp³-hybridized carbons (Fsp3) is 0.917. The molecule has 0 amide bonds. The van der Waals surface area contributed by atoms with Crippen molar-refractivity contribution in [3.63, 3.8) is 0 Å². The summed E-state index contributed by atoms with van der Waals surface area (Å²) in [4.78, 5) is 10.9. The lowest BCUT2D eigenvalue weighted by Crippen LogP contribution is -2.36. The molecule has 0 aromatic carbocycles. The molecule has 0 spiro atoms.